The van der Waals surface area contributed by atoms with E-state index in [1.165, 1.54) is 44.2 Å². The van der Waals surface area contributed by atoms with Crippen molar-refractivity contribution >= 4 is 5.65 Å². The predicted molar refractivity (Wildman–Crippen MR) is 79.8 cm³/mol. The van der Waals surface area contributed by atoms with E-state index in [9.17, 15) is 14.0 Å². The van der Waals surface area contributed by atoms with Crippen molar-refractivity contribution in [2.75, 3.05) is 0 Å². The molecule has 0 aliphatic carbocycles. The fourth-order valence-corrected chi connectivity index (χ4v) is 2.20. The van der Waals surface area contributed by atoms with Crippen LogP contribution in [0.25, 0.3) is 11.3 Å². The van der Waals surface area contributed by atoms with Gasteiger partial charge in [0.25, 0.3) is 0 Å². The summed E-state index contributed by atoms with van der Waals surface area (Å²) in [6.45, 7) is 3.94. The van der Waals surface area contributed by atoms with Crippen molar-refractivity contribution in [3.63, 3.8) is 0 Å². The zero-order valence-electron chi connectivity index (χ0n) is 11.6. The number of hydrogen-bond acceptors (Lipinski definition) is 3. The normalized spacial score (nSPS) is 11.0. The Morgan fingerprint density at radius 3 is 2.82 bits per heavy atom. The lowest BCUT2D eigenvalue weighted by Crippen LogP contribution is -2.24. The number of halogens is 1. The van der Waals surface area contributed by atoms with E-state index >= 15 is 0 Å². The van der Waals surface area contributed by atoms with E-state index in [1.807, 2.05) is 0 Å². The molecule has 112 valence electrons. The number of allylic oxidation sites excluding steroid dienone is 1. The Morgan fingerprint density at radius 1 is 1.27 bits per heavy atom. The first kappa shape index (κ1) is 14.0. The third-order valence-electron chi connectivity index (χ3n) is 3.28. The molecule has 0 aliphatic heterocycles. The van der Waals surface area contributed by atoms with E-state index in [2.05, 4.69) is 11.7 Å². The average molecular weight is 300 g/mol. The van der Waals surface area contributed by atoms with E-state index < -0.39 is 11.4 Å². The molecular weight excluding hydrogens is 287 g/mol. The number of fused-ring (bicyclic) bond motifs is 1. The van der Waals surface area contributed by atoms with Gasteiger partial charge in [0.05, 0.1) is 5.69 Å². The van der Waals surface area contributed by atoms with Crippen LogP contribution < -0.4 is 11.2 Å². The summed E-state index contributed by atoms with van der Waals surface area (Å²) in [7, 11) is 0. The molecule has 0 amide bonds. The fraction of sp³-hybridized carbons (Fsp3) is 0.133. The molecule has 0 saturated carbocycles. The summed E-state index contributed by atoms with van der Waals surface area (Å²) in [4.78, 5) is 24.6. The average Bonchev–Trinajstić information content (AvgIpc) is 2.83. The minimum absolute atomic E-state index is 0.000762. The number of aryl methyl sites for hydroxylation is 1. The molecule has 0 bridgehead atoms. The van der Waals surface area contributed by atoms with Gasteiger partial charge in [0, 0.05) is 18.9 Å². The van der Waals surface area contributed by atoms with Crippen LogP contribution in [0.5, 0.6) is 0 Å². The second kappa shape index (κ2) is 5.44. The van der Waals surface area contributed by atoms with Crippen molar-refractivity contribution in [3.05, 3.63) is 76.0 Å². The largest absolute Gasteiger partial charge is 0.350 e. The molecule has 0 radical (unpaired) electrons. The number of benzene rings is 1. The van der Waals surface area contributed by atoms with Gasteiger partial charge in [0.2, 0.25) is 5.65 Å². The SMILES string of the molecule is C=CCCn1nc2c(=O)n(-c3cccc(F)c3)ccn2c1=O. The van der Waals surface area contributed by atoms with Crippen LogP contribution in [-0.2, 0) is 6.54 Å². The van der Waals surface area contributed by atoms with Crippen LogP contribution in [-0.4, -0.2) is 18.7 Å². The summed E-state index contributed by atoms with van der Waals surface area (Å²) in [5.74, 6) is -0.446. The monoisotopic (exact) mass is 300 g/mol. The predicted octanol–water partition coefficient (Wildman–Crippen LogP) is 1.36. The van der Waals surface area contributed by atoms with Crippen LogP contribution in [0.1, 0.15) is 6.42 Å². The van der Waals surface area contributed by atoms with Crippen molar-refractivity contribution in [1.29, 1.82) is 0 Å². The molecule has 0 unspecified atom stereocenters. The van der Waals surface area contributed by atoms with Gasteiger partial charge in [0.15, 0.2) is 0 Å². The third-order valence-corrected chi connectivity index (χ3v) is 3.28. The van der Waals surface area contributed by atoms with E-state index in [4.69, 9.17) is 0 Å². The molecule has 0 saturated heterocycles. The van der Waals surface area contributed by atoms with Gasteiger partial charge in [0.1, 0.15) is 5.82 Å². The lowest BCUT2D eigenvalue weighted by atomic mass is 10.3. The maximum absolute atomic E-state index is 13.3. The molecule has 0 N–H and O–H groups in total. The molecule has 3 rings (SSSR count). The summed E-state index contributed by atoms with van der Waals surface area (Å²) in [6, 6.07) is 5.65. The quantitative estimate of drug-likeness (QED) is 0.684. The highest BCUT2D eigenvalue weighted by Gasteiger charge is 2.12. The van der Waals surface area contributed by atoms with Crippen LogP contribution >= 0.6 is 0 Å². The molecule has 2 aromatic heterocycles. The van der Waals surface area contributed by atoms with Crippen LogP contribution in [0.4, 0.5) is 4.39 Å². The van der Waals surface area contributed by atoms with Gasteiger partial charge in [-0.05, 0) is 24.6 Å². The first-order chi connectivity index (χ1) is 10.6. The lowest BCUT2D eigenvalue weighted by molar-refractivity contribution is 0.601. The van der Waals surface area contributed by atoms with E-state index in [-0.39, 0.29) is 11.3 Å². The molecule has 3 aromatic rings. The Morgan fingerprint density at radius 2 is 2.09 bits per heavy atom. The molecule has 0 atom stereocenters. The molecule has 0 spiro atoms. The lowest BCUT2D eigenvalue weighted by Gasteiger charge is -2.04. The third kappa shape index (κ3) is 2.26. The van der Waals surface area contributed by atoms with Gasteiger partial charge < -0.3 is 0 Å². The zero-order valence-corrected chi connectivity index (χ0v) is 11.6. The zero-order chi connectivity index (χ0) is 15.7. The van der Waals surface area contributed by atoms with Gasteiger partial charge in [-0.15, -0.1) is 11.7 Å². The molecule has 0 fully saturated rings. The first-order valence-corrected chi connectivity index (χ1v) is 6.69. The highest BCUT2D eigenvalue weighted by Crippen LogP contribution is 2.07. The molecular formula is C15H13FN4O2. The highest BCUT2D eigenvalue weighted by molar-refractivity contribution is 5.39. The molecule has 7 heteroatoms. The molecule has 1 aromatic carbocycles. The van der Waals surface area contributed by atoms with E-state index in [1.54, 1.807) is 12.1 Å². The first-order valence-electron chi connectivity index (χ1n) is 6.69. The van der Waals surface area contributed by atoms with Gasteiger partial charge in [-0.25, -0.2) is 18.3 Å². The Balaban J connectivity index is 2.20. The Labute approximate surface area is 124 Å². The number of hydrogen-bond donors (Lipinski definition) is 0. The van der Waals surface area contributed by atoms with Crippen molar-refractivity contribution in [1.82, 2.24) is 18.7 Å². The van der Waals surface area contributed by atoms with Gasteiger partial charge in [-0.3, -0.25) is 9.36 Å². The van der Waals surface area contributed by atoms with Gasteiger partial charge >= 0.3 is 11.2 Å². The molecule has 6 nitrogen and oxygen atoms in total. The van der Waals surface area contributed by atoms with Crippen LogP contribution in [0.2, 0.25) is 0 Å². The minimum atomic E-state index is -0.484. The topological polar surface area (TPSA) is 61.3 Å². The second-order valence-corrected chi connectivity index (χ2v) is 4.73. The molecule has 0 aliphatic rings. The Kier molecular flexibility index (Phi) is 3.46. The van der Waals surface area contributed by atoms with Crippen LogP contribution in [0.3, 0.4) is 0 Å². The number of aromatic nitrogens is 4. The number of rotatable bonds is 4. The van der Waals surface area contributed by atoms with Crippen LogP contribution in [0, 0.1) is 5.82 Å². The summed E-state index contributed by atoms with van der Waals surface area (Å²) in [6.07, 6.45) is 5.11. The molecule has 22 heavy (non-hydrogen) atoms. The Bertz CT molecular complexity index is 968. The van der Waals surface area contributed by atoms with Gasteiger partial charge in [-0.1, -0.05) is 12.1 Å². The summed E-state index contributed by atoms with van der Waals surface area (Å²) in [5, 5.41) is 4.05. The Hall–Kier alpha value is -2.96. The summed E-state index contributed by atoms with van der Waals surface area (Å²) in [5.41, 5.74) is -0.496. The second-order valence-electron chi connectivity index (χ2n) is 4.73. The van der Waals surface area contributed by atoms with Crippen molar-refractivity contribution in [2.24, 2.45) is 0 Å². The van der Waals surface area contributed by atoms with E-state index in [0.29, 0.717) is 18.7 Å². The smallest absolute Gasteiger partial charge is 0.279 e. The maximum Gasteiger partial charge on any atom is 0.350 e. The summed E-state index contributed by atoms with van der Waals surface area (Å²) >= 11 is 0. The maximum atomic E-state index is 13.3. The molecule has 2 heterocycles. The van der Waals surface area contributed by atoms with Crippen molar-refractivity contribution in [3.8, 4) is 5.69 Å². The standard InChI is InChI=1S/C15H13FN4O2/c1-2-3-7-20-15(22)19-9-8-18(14(21)13(19)17-20)12-6-4-5-11(16)10-12/h2,4-6,8-10H,1,3,7H2. The summed E-state index contributed by atoms with van der Waals surface area (Å²) < 4.78 is 17.0. The van der Waals surface area contributed by atoms with Gasteiger partial charge in [-0.2, -0.15) is 0 Å². The van der Waals surface area contributed by atoms with E-state index in [0.717, 1.165) is 0 Å². The minimum Gasteiger partial charge on any atom is -0.279 e. The number of nitrogens with zero attached hydrogens (tertiary/aromatic N) is 4. The highest BCUT2D eigenvalue weighted by atomic mass is 19.1. The van der Waals surface area contributed by atoms with Crippen LogP contribution in [0.15, 0.2) is 58.9 Å². The van der Waals surface area contributed by atoms with Crippen molar-refractivity contribution in [2.45, 2.75) is 13.0 Å². The fourth-order valence-electron chi connectivity index (χ4n) is 2.20. The van der Waals surface area contributed by atoms with Crippen molar-refractivity contribution < 1.29 is 4.39 Å².